The summed E-state index contributed by atoms with van der Waals surface area (Å²) in [5.41, 5.74) is 2.34. The Hall–Kier alpha value is -2.54. The van der Waals surface area contributed by atoms with Crippen LogP contribution >= 0.6 is 0 Å². The van der Waals surface area contributed by atoms with Crippen molar-refractivity contribution in [1.29, 1.82) is 0 Å². The van der Waals surface area contributed by atoms with Crippen molar-refractivity contribution in [1.82, 2.24) is 25.3 Å². The molecule has 6 rings (SSSR count). The van der Waals surface area contributed by atoms with Gasteiger partial charge in [0.25, 0.3) is 0 Å². The molecule has 4 amide bonds. The average Bonchev–Trinajstić information content (AvgIpc) is 4.01. The molecule has 6 fully saturated rings. The van der Waals surface area contributed by atoms with Gasteiger partial charge in [-0.15, -0.1) is 0 Å². The summed E-state index contributed by atoms with van der Waals surface area (Å²) in [7, 11) is 8.81. The summed E-state index contributed by atoms with van der Waals surface area (Å²) in [4.78, 5) is 62.4. The smallest absolute Gasteiger partial charge is 0.245 e. The Balaban J connectivity index is 1.09. The molecule has 6 aliphatic rings. The molecule has 3 N–H and O–H groups in total. The van der Waals surface area contributed by atoms with Gasteiger partial charge in [0.2, 0.25) is 23.6 Å². The number of ether oxygens (including phenoxy) is 2. The summed E-state index contributed by atoms with van der Waals surface area (Å²) in [5.74, 6) is 1.76. The van der Waals surface area contributed by atoms with Crippen molar-refractivity contribution < 1.29 is 33.8 Å². The van der Waals surface area contributed by atoms with Crippen LogP contribution in [-0.2, 0) is 28.7 Å². The van der Waals surface area contributed by atoms with Gasteiger partial charge in [0.1, 0.15) is 6.04 Å². The molecule has 0 aromatic carbocycles. The van der Waals surface area contributed by atoms with Crippen molar-refractivity contribution in [3.63, 3.8) is 0 Å². The minimum Gasteiger partial charge on any atom is -0.396 e. The van der Waals surface area contributed by atoms with Crippen LogP contribution in [0, 0.1) is 85.8 Å². The summed E-state index contributed by atoms with van der Waals surface area (Å²) < 4.78 is 12.3. The Kier molecular flexibility index (Phi) is 19.7. The summed E-state index contributed by atoms with van der Waals surface area (Å²) in [6.45, 7) is 38.1. The number of aliphatic hydroxyl groups excluding tert-OH is 1. The van der Waals surface area contributed by atoms with Crippen molar-refractivity contribution in [2.75, 3.05) is 55.1 Å². The van der Waals surface area contributed by atoms with E-state index in [1.807, 2.05) is 58.5 Å². The molecule has 1 saturated heterocycles. The van der Waals surface area contributed by atoms with Crippen molar-refractivity contribution in [2.24, 2.45) is 85.8 Å². The monoisotopic (exact) mass is 1060 g/mol. The number of fused-ring (bicyclic) bond motifs is 7. The highest BCUT2D eigenvalue weighted by molar-refractivity contribution is 5.90. The number of hydrogen-bond acceptors (Lipinski definition) is 8. The van der Waals surface area contributed by atoms with E-state index in [-0.39, 0.29) is 92.4 Å². The van der Waals surface area contributed by atoms with Crippen molar-refractivity contribution in [3.8, 4) is 0 Å². The van der Waals surface area contributed by atoms with E-state index in [1.165, 1.54) is 56.9 Å². The van der Waals surface area contributed by atoms with Crippen molar-refractivity contribution >= 4 is 23.6 Å². The number of hydrogen-bond donors (Lipinski definition) is 3. The molecule has 3 unspecified atom stereocenters. The third kappa shape index (κ3) is 10.7. The number of rotatable bonds is 22. The maximum absolute atomic E-state index is 14.6. The van der Waals surface area contributed by atoms with Crippen LogP contribution in [0.4, 0.5) is 0 Å². The molecule has 0 aromatic rings. The molecule has 1 heterocycles. The third-order valence-electron chi connectivity index (χ3n) is 24.6. The SMILES string of the molecule is C=C(C)[C@@H]1CC[C@]2(CO)CC[C@]3(C)C(CCC4[C@@]5(C)CC[C@H](CCNC(=O)[C@H](C)[C@@H](OC)C6CCCN6C(=O)C[C@@H](OC)[C@H]([C@@H](C)CC)N(C)C(=O)[C@@H](NC(=O)[C@H](C(C)C)N(C)C)C(C)C)C(C)(C)[C@]5(C)CC[C@]43C)[C@@H]12. The molecule has 436 valence electrons. The zero-order valence-electron chi connectivity index (χ0n) is 51.8. The predicted octanol–water partition coefficient (Wildman–Crippen LogP) is 10.8. The summed E-state index contributed by atoms with van der Waals surface area (Å²) in [6.07, 6.45) is 14.4. The highest BCUT2D eigenvalue weighted by Gasteiger charge is 2.73. The third-order valence-corrected chi connectivity index (χ3v) is 24.6. The number of likely N-dealkylation sites (tertiary alicyclic amines) is 1. The van der Waals surface area contributed by atoms with Crippen LogP contribution < -0.4 is 10.6 Å². The molecule has 76 heavy (non-hydrogen) atoms. The number of carbonyl (C=O) groups excluding carboxylic acids is 4. The van der Waals surface area contributed by atoms with Gasteiger partial charge in [0, 0.05) is 41.0 Å². The second-order valence-electron chi connectivity index (χ2n) is 28.9. The van der Waals surface area contributed by atoms with Gasteiger partial charge < -0.3 is 35.0 Å². The van der Waals surface area contributed by atoms with Crippen LogP contribution in [0.1, 0.15) is 193 Å². The minimum absolute atomic E-state index is 0.00248. The molecule has 1 aliphatic heterocycles. The number of carbonyl (C=O) groups is 4. The lowest BCUT2D eigenvalue weighted by atomic mass is 9.28. The van der Waals surface area contributed by atoms with Crippen LogP contribution in [0.25, 0.3) is 0 Å². The molecule has 0 radical (unpaired) electrons. The first-order valence-corrected chi connectivity index (χ1v) is 30.6. The van der Waals surface area contributed by atoms with E-state index in [0.717, 1.165) is 38.5 Å². The topological polar surface area (TPSA) is 141 Å². The quantitative estimate of drug-likeness (QED) is 0.0911. The van der Waals surface area contributed by atoms with E-state index < -0.39 is 30.2 Å². The summed E-state index contributed by atoms with van der Waals surface area (Å²) in [6, 6.07) is -1.84. The van der Waals surface area contributed by atoms with Crippen LogP contribution in [0.15, 0.2) is 12.2 Å². The predicted molar refractivity (Wildman–Crippen MR) is 307 cm³/mol. The molecule has 12 nitrogen and oxygen atoms in total. The second kappa shape index (κ2) is 23.9. The zero-order chi connectivity index (χ0) is 56.8. The first-order valence-electron chi connectivity index (χ1n) is 30.6. The first kappa shape index (κ1) is 62.7. The van der Waals surface area contributed by atoms with Crippen molar-refractivity contribution in [3.05, 3.63) is 12.2 Å². The highest BCUT2D eigenvalue weighted by Crippen LogP contribution is 2.80. The number of likely N-dealkylation sites (N-methyl/N-ethyl adjacent to an activating group) is 2. The molecule has 5 aliphatic carbocycles. The van der Waals surface area contributed by atoms with Gasteiger partial charge in [0.15, 0.2) is 0 Å². The largest absolute Gasteiger partial charge is 0.396 e. The standard InChI is InChI=1S/C64H113N5O7/c1-21-42(8)54(68(18)58(74)52(40(4)5)66-57(73)53(41(6)7)67(16)17)48(75-19)37-50(71)69-36-22-23-47(69)55(76-20)43(9)56(72)65-35-28-44-26-29-62(14)49-25-24-46-51-45(39(2)3)27-30-64(51,38-70)34-32-60(46,12)61(49,13)31-33-63(62,15)59(44,10)11/h40-49,51-55,70H,2,21-38H2,1,3-20H3,(H,65,72)(H,66,73)/t42-,43+,44+,45-,46?,47?,48+,49?,51+,52-,53-,54-,55+,60+,61+,62+,63-,64+/m0/s1. The molecular formula is C64H113N5O7. The fraction of sp³-hybridized carbons (Fsp3) is 0.906. The van der Waals surface area contributed by atoms with E-state index >= 15 is 0 Å². The number of nitrogens with one attached hydrogen (secondary N) is 2. The fourth-order valence-corrected chi connectivity index (χ4v) is 19.3. The van der Waals surface area contributed by atoms with Gasteiger partial charge in [-0.3, -0.25) is 24.1 Å². The van der Waals surface area contributed by atoms with E-state index in [2.05, 4.69) is 79.5 Å². The van der Waals surface area contributed by atoms with E-state index in [1.54, 1.807) is 26.2 Å². The number of amides is 4. The maximum Gasteiger partial charge on any atom is 0.245 e. The number of methoxy groups -OCH3 is 2. The van der Waals surface area contributed by atoms with Crippen LogP contribution in [0.2, 0.25) is 0 Å². The summed E-state index contributed by atoms with van der Waals surface area (Å²) in [5, 5.41) is 17.5. The minimum atomic E-state index is -0.748. The molecule has 5 saturated carbocycles. The van der Waals surface area contributed by atoms with Crippen molar-refractivity contribution in [2.45, 2.75) is 230 Å². The lowest BCUT2D eigenvalue weighted by Gasteiger charge is -2.76. The molecule has 12 heteroatoms. The number of allylic oxidation sites excluding steroid dienone is 1. The van der Waals surface area contributed by atoms with Gasteiger partial charge in [-0.1, -0.05) is 109 Å². The van der Waals surface area contributed by atoms with Crippen LogP contribution in [-0.4, -0.2) is 135 Å². The van der Waals surface area contributed by atoms with Gasteiger partial charge in [-0.2, -0.15) is 0 Å². The van der Waals surface area contributed by atoms with Crippen LogP contribution in [0.5, 0.6) is 0 Å². The second-order valence-corrected chi connectivity index (χ2v) is 28.9. The first-order chi connectivity index (χ1) is 35.4. The van der Waals surface area contributed by atoms with Gasteiger partial charge in [-0.05, 0) is 184 Å². The van der Waals surface area contributed by atoms with E-state index in [4.69, 9.17) is 9.47 Å². The Morgan fingerprint density at radius 1 is 0.789 bits per heavy atom. The number of nitrogens with zero attached hydrogens (tertiary/aromatic N) is 3. The Bertz CT molecular complexity index is 2050. The van der Waals surface area contributed by atoms with Gasteiger partial charge >= 0.3 is 0 Å². The molecule has 0 aromatic heterocycles. The average molecular weight is 1060 g/mol. The Morgan fingerprint density at radius 3 is 2.01 bits per heavy atom. The van der Waals surface area contributed by atoms with Gasteiger partial charge in [-0.25, -0.2) is 0 Å². The van der Waals surface area contributed by atoms with Gasteiger partial charge in [0.05, 0.1) is 42.7 Å². The normalized spacial score (nSPS) is 36.7. The van der Waals surface area contributed by atoms with E-state index in [0.29, 0.717) is 49.3 Å². The molecule has 18 atom stereocenters. The highest BCUT2D eigenvalue weighted by atomic mass is 16.5. The fourth-order valence-electron chi connectivity index (χ4n) is 19.3. The molecule has 0 spiro atoms. The molecule has 0 bridgehead atoms. The number of aliphatic hydroxyl groups is 1. The maximum atomic E-state index is 14.6. The Morgan fingerprint density at radius 2 is 1.45 bits per heavy atom. The lowest BCUT2D eigenvalue weighted by molar-refractivity contribution is -0.275. The van der Waals surface area contributed by atoms with Crippen LogP contribution in [0.3, 0.4) is 0 Å². The Labute approximate surface area is 463 Å². The zero-order valence-corrected chi connectivity index (χ0v) is 51.8. The summed E-state index contributed by atoms with van der Waals surface area (Å²) >= 11 is 0. The lowest BCUT2D eigenvalue weighted by Crippen LogP contribution is -2.69. The molecular weight excluding hydrogens is 951 g/mol. The van der Waals surface area contributed by atoms with E-state index in [9.17, 15) is 24.3 Å².